The van der Waals surface area contributed by atoms with Crippen molar-refractivity contribution in [2.45, 2.75) is 18.9 Å². The summed E-state index contributed by atoms with van der Waals surface area (Å²) < 4.78 is 13.1. The first-order chi connectivity index (χ1) is 12.6. The number of aromatic nitrogens is 1. The highest BCUT2D eigenvalue weighted by Crippen LogP contribution is 2.13. The number of rotatable bonds is 4. The molecule has 0 saturated carbocycles. The lowest BCUT2D eigenvalue weighted by molar-refractivity contribution is -0.126. The molecule has 0 aliphatic carbocycles. The molecule has 1 fully saturated rings. The van der Waals surface area contributed by atoms with Gasteiger partial charge in [-0.05, 0) is 48.7 Å². The molecule has 1 aromatic heterocycles. The van der Waals surface area contributed by atoms with E-state index in [1.165, 1.54) is 24.4 Å². The molecule has 2 amide bonds. The molecule has 3 rings (SSSR count). The number of likely N-dealkylation sites (tertiary alicyclic amines) is 1. The molecule has 0 atom stereocenters. The highest BCUT2D eigenvalue weighted by atomic mass is 19.1. The molecular weight excluding hydrogens is 333 g/mol. The summed E-state index contributed by atoms with van der Waals surface area (Å²) in [5.74, 6) is -0.579. The first-order valence-corrected chi connectivity index (χ1v) is 8.55. The highest BCUT2D eigenvalue weighted by molar-refractivity contribution is 5.94. The molecule has 0 unspecified atom stereocenters. The Morgan fingerprint density at radius 1 is 1.19 bits per heavy atom. The molecule has 1 saturated heterocycles. The van der Waals surface area contributed by atoms with Crippen LogP contribution in [0.3, 0.4) is 0 Å². The van der Waals surface area contributed by atoms with Crippen LogP contribution < -0.4 is 5.32 Å². The van der Waals surface area contributed by atoms with E-state index in [9.17, 15) is 14.0 Å². The molecule has 0 spiro atoms. The van der Waals surface area contributed by atoms with Crippen LogP contribution in [0.1, 0.15) is 28.8 Å². The van der Waals surface area contributed by atoms with Crippen molar-refractivity contribution in [2.75, 3.05) is 13.1 Å². The van der Waals surface area contributed by atoms with E-state index >= 15 is 0 Å². The van der Waals surface area contributed by atoms with Gasteiger partial charge in [0.05, 0.1) is 5.56 Å². The predicted octanol–water partition coefficient (Wildman–Crippen LogP) is 2.65. The molecule has 5 nitrogen and oxygen atoms in total. The van der Waals surface area contributed by atoms with Crippen LogP contribution in [0.5, 0.6) is 0 Å². The molecule has 26 heavy (non-hydrogen) atoms. The van der Waals surface area contributed by atoms with Crippen molar-refractivity contribution < 1.29 is 14.0 Å². The van der Waals surface area contributed by atoms with E-state index in [1.54, 1.807) is 41.4 Å². The third kappa shape index (κ3) is 4.75. The average Bonchev–Trinajstić information content (AvgIpc) is 2.67. The molecule has 6 heteroatoms. The van der Waals surface area contributed by atoms with Gasteiger partial charge >= 0.3 is 0 Å². The summed E-state index contributed by atoms with van der Waals surface area (Å²) in [6.45, 7) is 1.15. The van der Waals surface area contributed by atoms with Crippen LogP contribution in [0.15, 0.2) is 54.9 Å². The summed E-state index contributed by atoms with van der Waals surface area (Å²) in [6, 6.07) is 9.58. The zero-order chi connectivity index (χ0) is 18.4. The minimum atomic E-state index is -0.329. The molecule has 134 valence electrons. The van der Waals surface area contributed by atoms with Gasteiger partial charge in [-0.2, -0.15) is 0 Å². The summed E-state index contributed by atoms with van der Waals surface area (Å²) in [7, 11) is 0. The molecule has 0 radical (unpaired) electrons. The van der Waals surface area contributed by atoms with Gasteiger partial charge in [-0.15, -0.1) is 0 Å². The van der Waals surface area contributed by atoms with E-state index in [0.717, 1.165) is 0 Å². The SMILES string of the molecule is O=C(NC1CCN(C(=O)/C=C/c2cccc(F)c2)CC1)c1cccnc1. The Labute approximate surface area is 151 Å². The third-order valence-corrected chi connectivity index (χ3v) is 4.33. The van der Waals surface area contributed by atoms with Crippen molar-refractivity contribution in [3.63, 3.8) is 0 Å². The largest absolute Gasteiger partial charge is 0.349 e. The van der Waals surface area contributed by atoms with Crippen molar-refractivity contribution in [3.05, 3.63) is 71.8 Å². The third-order valence-electron chi connectivity index (χ3n) is 4.33. The molecule has 2 heterocycles. The molecule has 1 N–H and O–H groups in total. The molecule has 1 aliphatic rings. The number of hydrogen-bond donors (Lipinski definition) is 1. The lowest BCUT2D eigenvalue weighted by Gasteiger charge is -2.31. The highest BCUT2D eigenvalue weighted by Gasteiger charge is 2.23. The number of nitrogens with zero attached hydrogens (tertiary/aromatic N) is 2. The Balaban J connectivity index is 1.48. The van der Waals surface area contributed by atoms with E-state index in [2.05, 4.69) is 10.3 Å². The quantitative estimate of drug-likeness (QED) is 0.860. The maximum Gasteiger partial charge on any atom is 0.253 e. The summed E-state index contributed by atoms with van der Waals surface area (Å²) >= 11 is 0. The second-order valence-corrected chi connectivity index (χ2v) is 6.20. The van der Waals surface area contributed by atoms with Crippen molar-refractivity contribution >= 4 is 17.9 Å². The van der Waals surface area contributed by atoms with Crippen LogP contribution in [0.2, 0.25) is 0 Å². The number of halogens is 1. The monoisotopic (exact) mass is 353 g/mol. The number of benzene rings is 1. The fourth-order valence-electron chi connectivity index (χ4n) is 2.89. The summed E-state index contributed by atoms with van der Waals surface area (Å²) in [4.78, 5) is 30.1. The zero-order valence-electron chi connectivity index (χ0n) is 14.3. The lowest BCUT2D eigenvalue weighted by atomic mass is 10.0. The van der Waals surface area contributed by atoms with Crippen LogP contribution >= 0.6 is 0 Å². The smallest absolute Gasteiger partial charge is 0.253 e. The Bertz CT molecular complexity index is 800. The Hall–Kier alpha value is -3.02. The second-order valence-electron chi connectivity index (χ2n) is 6.20. The van der Waals surface area contributed by atoms with Crippen LogP contribution in [-0.2, 0) is 4.79 Å². The van der Waals surface area contributed by atoms with E-state index < -0.39 is 0 Å². The van der Waals surface area contributed by atoms with Crippen molar-refractivity contribution in [3.8, 4) is 0 Å². The summed E-state index contributed by atoms with van der Waals surface area (Å²) in [5.41, 5.74) is 1.18. The number of piperidine rings is 1. The fourth-order valence-corrected chi connectivity index (χ4v) is 2.89. The summed E-state index contributed by atoms with van der Waals surface area (Å²) in [5, 5.41) is 2.98. The van der Waals surface area contributed by atoms with Gasteiger partial charge in [-0.3, -0.25) is 14.6 Å². The molecular formula is C20H20FN3O2. The number of hydrogen-bond acceptors (Lipinski definition) is 3. The van der Waals surface area contributed by atoms with Crippen molar-refractivity contribution in [1.29, 1.82) is 0 Å². The Morgan fingerprint density at radius 2 is 2.00 bits per heavy atom. The minimum absolute atomic E-state index is 0.0407. The van der Waals surface area contributed by atoms with E-state index in [0.29, 0.717) is 37.1 Å². The number of amides is 2. The first kappa shape index (κ1) is 17.8. The molecule has 1 aliphatic heterocycles. The predicted molar refractivity (Wildman–Crippen MR) is 96.7 cm³/mol. The van der Waals surface area contributed by atoms with Gasteiger partial charge in [-0.1, -0.05) is 12.1 Å². The number of carbonyl (C=O) groups excluding carboxylic acids is 2. The summed E-state index contributed by atoms with van der Waals surface area (Å²) in [6.07, 6.45) is 7.63. The molecule has 2 aromatic rings. The van der Waals surface area contributed by atoms with Crippen LogP contribution in [0, 0.1) is 5.82 Å². The van der Waals surface area contributed by atoms with E-state index in [4.69, 9.17) is 0 Å². The van der Waals surface area contributed by atoms with Crippen molar-refractivity contribution in [1.82, 2.24) is 15.2 Å². The first-order valence-electron chi connectivity index (χ1n) is 8.55. The van der Waals surface area contributed by atoms with Gasteiger partial charge in [0, 0.05) is 37.6 Å². The Kier molecular flexibility index (Phi) is 5.73. The number of nitrogens with one attached hydrogen (secondary N) is 1. The number of pyridine rings is 1. The van der Waals surface area contributed by atoms with Gasteiger partial charge in [0.2, 0.25) is 5.91 Å². The lowest BCUT2D eigenvalue weighted by Crippen LogP contribution is -2.46. The molecule has 1 aromatic carbocycles. The van der Waals surface area contributed by atoms with Crippen molar-refractivity contribution in [2.24, 2.45) is 0 Å². The van der Waals surface area contributed by atoms with Gasteiger partial charge in [-0.25, -0.2) is 4.39 Å². The van der Waals surface area contributed by atoms with E-state index in [-0.39, 0.29) is 23.7 Å². The van der Waals surface area contributed by atoms with Gasteiger partial charge in [0.25, 0.3) is 5.91 Å². The van der Waals surface area contributed by atoms with Crippen LogP contribution in [0.4, 0.5) is 4.39 Å². The van der Waals surface area contributed by atoms with Gasteiger partial charge < -0.3 is 10.2 Å². The second kappa shape index (κ2) is 8.38. The number of carbonyl (C=O) groups is 2. The Morgan fingerprint density at radius 3 is 2.69 bits per heavy atom. The van der Waals surface area contributed by atoms with Crippen LogP contribution in [0.25, 0.3) is 6.08 Å². The average molecular weight is 353 g/mol. The fraction of sp³-hybridized carbons (Fsp3) is 0.250. The van der Waals surface area contributed by atoms with Gasteiger partial charge in [0.15, 0.2) is 0 Å². The van der Waals surface area contributed by atoms with Crippen LogP contribution in [-0.4, -0.2) is 40.8 Å². The maximum atomic E-state index is 13.1. The topological polar surface area (TPSA) is 62.3 Å². The zero-order valence-corrected chi connectivity index (χ0v) is 14.3. The van der Waals surface area contributed by atoms with Gasteiger partial charge in [0.1, 0.15) is 5.82 Å². The normalized spacial score (nSPS) is 15.2. The molecule has 0 bridgehead atoms. The van der Waals surface area contributed by atoms with E-state index in [1.807, 2.05) is 0 Å². The minimum Gasteiger partial charge on any atom is -0.349 e. The maximum absolute atomic E-state index is 13.1. The standard InChI is InChI=1S/C20H20FN3O2/c21-17-5-1-3-15(13-17)6-7-19(25)24-11-8-18(9-12-24)23-20(26)16-4-2-10-22-14-16/h1-7,10,13-14,18H,8-9,11-12H2,(H,23,26)/b7-6+.